The third kappa shape index (κ3) is 5.66. The van der Waals surface area contributed by atoms with Crippen molar-refractivity contribution >= 4 is 17.8 Å². The molecule has 0 aromatic heterocycles. The van der Waals surface area contributed by atoms with E-state index in [0.717, 1.165) is 24.8 Å². The Morgan fingerprint density at radius 1 is 1.13 bits per heavy atom. The number of hydrogen-bond acceptors (Lipinski definition) is 5. The molecular formula is C29H39FN2O6. The Balaban J connectivity index is 1.49. The number of methoxy groups -OCH3 is 1. The van der Waals surface area contributed by atoms with Crippen molar-refractivity contribution in [2.45, 2.75) is 77.4 Å². The number of carbonyl (C=O) groups excluding carboxylic acids is 2. The van der Waals surface area contributed by atoms with Crippen molar-refractivity contribution < 1.29 is 33.4 Å². The molecule has 0 heterocycles. The van der Waals surface area contributed by atoms with Crippen LogP contribution in [0, 0.1) is 30.1 Å². The van der Waals surface area contributed by atoms with Gasteiger partial charge in [0.25, 0.3) is 5.91 Å². The Morgan fingerprint density at radius 3 is 2.45 bits per heavy atom. The highest BCUT2D eigenvalue weighted by atomic mass is 19.1. The third-order valence-corrected chi connectivity index (χ3v) is 8.80. The Hall–Kier alpha value is -3.10. The molecule has 3 fully saturated rings. The summed E-state index contributed by atoms with van der Waals surface area (Å²) < 4.78 is 24.5. The van der Waals surface area contributed by atoms with Crippen LogP contribution in [0.3, 0.4) is 0 Å². The minimum absolute atomic E-state index is 0.0729. The van der Waals surface area contributed by atoms with E-state index in [1.807, 2.05) is 6.92 Å². The first-order valence-corrected chi connectivity index (χ1v) is 13.5. The van der Waals surface area contributed by atoms with E-state index >= 15 is 0 Å². The number of aliphatic carboxylic acids is 1. The van der Waals surface area contributed by atoms with Gasteiger partial charge in [-0.25, -0.2) is 0 Å². The second-order valence-electron chi connectivity index (χ2n) is 11.4. The van der Waals surface area contributed by atoms with Gasteiger partial charge in [-0.15, -0.1) is 0 Å². The lowest BCUT2D eigenvalue weighted by atomic mass is 9.75. The minimum atomic E-state index is -0.783. The van der Waals surface area contributed by atoms with Gasteiger partial charge in [-0.1, -0.05) is 6.58 Å². The van der Waals surface area contributed by atoms with Crippen molar-refractivity contribution in [2.24, 2.45) is 23.2 Å². The van der Waals surface area contributed by atoms with Gasteiger partial charge in [-0.3, -0.25) is 18.8 Å². The maximum absolute atomic E-state index is 13.6. The number of alkyl halides is 1. The van der Waals surface area contributed by atoms with Crippen LogP contribution >= 0.6 is 0 Å². The fourth-order valence-corrected chi connectivity index (χ4v) is 6.41. The van der Waals surface area contributed by atoms with Gasteiger partial charge < -0.3 is 25.2 Å². The summed E-state index contributed by atoms with van der Waals surface area (Å²) >= 11 is 0. The van der Waals surface area contributed by atoms with Gasteiger partial charge in [0.15, 0.2) is 0 Å². The standard InChI is InChI=1S/C29H39FN2O6/c1-16-13-23(37-4)21(15-22(16)38-20-7-10-29(3,11-8-20)28(35)36)26(33)32-25-19-6-5-18(14-19)24(25)27(34)31-17(2)9-12-30/h13,15,18-20,24-25H,2,5-12,14H2,1,3-4H3,(H,31,34)(H,32,33)(H,35,36)/t18-,19+,20?,24+,25-,29?/m1/s1. The van der Waals surface area contributed by atoms with Gasteiger partial charge in [0.05, 0.1) is 36.8 Å². The van der Waals surface area contributed by atoms with Crippen LogP contribution < -0.4 is 20.1 Å². The Morgan fingerprint density at radius 2 is 1.82 bits per heavy atom. The lowest BCUT2D eigenvalue weighted by Gasteiger charge is -2.34. The van der Waals surface area contributed by atoms with E-state index in [1.165, 1.54) is 7.11 Å². The number of ether oxygens (including phenoxy) is 2. The van der Waals surface area contributed by atoms with Crippen LogP contribution in [0.15, 0.2) is 24.4 Å². The number of nitrogens with one attached hydrogen (secondary N) is 2. The Kier molecular flexibility index (Phi) is 8.33. The van der Waals surface area contributed by atoms with Crippen LogP contribution in [0.2, 0.25) is 0 Å². The lowest BCUT2D eigenvalue weighted by molar-refractivity contribution is -0.150. The summed E-state index contributed by atoms with van der Waals surface area (Å²) in [6, 6.07) is 3.11. The monoisotopic (exact) mass is 530 g/mol. The molecule has 0 radical (unpaired) electrons. The van der Waals surface area contributed by atoms with Gasteiger partial charge in [0, 0.05) is 18.2 Å². The number of carbonyl (C=O) groups is 3. The number of halogens is 1. The molecule has 8 nitrogen and oxygen atoms in total. The normalized spacial score (nSPS) is 29.9. The summed E-state index contributed by atoms with van der Waals surface area (Å²) in [6.45, 7) is 6.80. The first-order valence-electron chi connectivity index (χ1n) is 13.5. The summed E-state index contributed by atoms with van der Waals surface area (Å²) in [6.07, 6.45) is 4.97. The van der Waals surface area contributed by atoms with Crippen LogP contribution in [0.25, 0.3) is 0 Å². The van der Waals surface area contributed by atoms with Crippen molar-refractivity contribution in [3.63, 3.8) is 0 Å². The summed E-state index contributed by atoms with van der Waals surface area (Å²) in [5.74, 6) is -0.392. The molecule has 3 saturated carbocycles. The van der Waals surface area contributed by atoms with Crippen molar-refractivity contribution in [1.82, 2.24) is 10.6 Å². The number of allylic oxidation sites excluding steroid dienone is 1. The number of aryl methyl sites for hydroxylation is 1. The molecule has 3 aliphatic carbocycles. The maximum Gasteiger partial charge on any atom is 0.309 e. The number of carboxylic acid groups (broad SMARTS) is 1. The molecule has 2 bridgehead atoms. The Labute approximate surface area is 223 Å². The first-order chi connectivity index (χ1) is 18.1. The molecule has 3 N–H and O–H groups in total. The fraction of sp³-hybridized carbons (Fsp3) is 0.621. The summed E-state index contributed by atoms with van der Waals surface area (Å²) in [5.41, 5.74) is 0.747. The number of rotatable bonds is 10. The highest BCUT2D eigenvalue weighted by molar-refractivity contribution is 5.98. The molecule has 0 saturated heterocycles. The molecule has 1 aromatic carbocycles. The molecule has 38 heavy (non-hydrogen) atoms. The number of fused-ring (bicyclic) bond motifs is 2. The zero-order chi connectivity index (χ0) is 27.6. The minimum Gasteiger partial charge on any atom is -0.496 e. The molecule has 1 aromatic rings. The van der Waals surface area contributed by atoms with Crippen molar-refractivity contribution in [3.05, 3.63) is 35.5 Å². The smallest absolute Gasteiger partial charge is 0.309 e. The molecule has 9 heteroatoms. The molecule has 4 atom stereocenters. The van der Waals surface area contributed by atoms with Crippen LogP contribution in [0.4, 0.5) is 4.39 Å². The van der Waals surface area contributed by atoms with Crippen molar-refractivity contribution in [3.8, 4) is 11.5 Å². The van der Waals surface area contributed by atoms with E-state index in [-0.39, 0.29) is 42.2 Å². The van der Waals surface area contributed by atoms with Gasteiger partial charge in [-0.2, -0.15) is 0 Å². The summed E-state index contributed by atoms with van der Waals surface area (Å²) in [4.78, 5) is 38.2. The summed E-state index contributed by atoms with van der Waals surface area (Å²) in [7, 11) is 1.50. The predicted molar refractivity (Wildman–Crippen MR) is 140 cm³/mol. The highest BCUT2D eigenvalue weighted by Crippen LogP contribution is 2.49. The van der Waals surface area contributed by atoms with Gasteiger partial charge in [0.1, 0.15) is 11.5 Å². The average molecular weight is 531 g/mol. The largest absolute Gasteiger partial charge is 0.496 e. The highest BCUT2D eigenvalue weighted by Gasteiger charge is 2.51. The van der Waals surface area contributed by atoms with Gasteiger partial charge in [-0.05, 0) is 88.3 Å². The van der Waals surface area contributed by atoms with Crippen molar-refractivity contribution in [1.29, 1.82) is 0 Å². The molecule has 2 amide bonds. The van der Waals surface area contributed by atoms with E-state index in [4.69, 9.17) is 9.47 Å². The van der Waals surface area contributed by atoms with Gasteiger partial charge in [0.2, 0.25) is 5.91 Å². The van der Waals surface area contributed by atoms with E-state index < -0.39 is 24.0 Å². The van der Waals surface area contributed by atoms with E-state index in [9.17, 15) is 23.9 Å². The molecule has 0 spiro atoms. The summed E-state index contributed by atoms with van der Waals surface area (Å²) in [5, 5.41) is 15.4. The zero-order valence-corrected chi connectivity index (χ0v) is 22.5. The van der Waals surface area contributed by atoms with E-state index in [1.54, 1.807) is 19.1 Å². The van der Waals surface area contributed by atoms with E-state index in [0.29, 0.717) is 48.4 Å². The van der Waals surface area contributed by atoms with E-state index in [2.05, 4.69) is 17.2 Å². The van der Waals surface area contributed by atoms with Crippen LogP contribution in [0.5, 0.6) is 11.5 Å². The first kappa shape index (κ1) is 27.9. The average Bonchev–Trinajstić information content (AvgIpc) is 3.48. The second kappa shape index (κ2) is 11.3. The molecule has 4 rings (SSSR count). The number of amides is 2. The molecule has 0 aliphatic heterocycles. The van der Waals surface area contributed by atoms with Crippen LogP contribution in [0.1, 0.15) is 74.2 Å². The second-order valence-corrected chi connectivity index (χ2v) is 11.4. The zero-order valence-electron chi connectivity index (χ0n) is 22.5. The van der Waals surface area contributed by atoms with Crippen LogP contribution in [-0.2, 0) is 9.59 Å². The quantitative estimate of drug-likeness (QED) is 0.409. The van der Waals surface area contributed by atoms with Crippen LogP contribution in [-0.4, -0.2) is 48.8 Å². The third-order valence-electron chi connectivity index (χ3n) is 8.80. The Bertz CT molecular complexity index is 1100. The molecule has 0 unspecified atom stereocenters. The maximum atomic E-state index is 13.6. The van der Waals surface area contributed by atoms with Gasteiger partial charge >= 0.3 is 5.97 Å². The predicted octanol–water partition coefficient (Wildman–Crippen LogP) is 4.55. The number of carboxylic acids is 1. The molecular weight excluding hydrogens is 491 g/mol. The number of benzene rings is 1. The molecule has 3 aliphatic rings. The van der Waals surface area contributed by atoms with Crippen molar-refractivity contribution in [2.75, 3.05) is 13.8 Å². The number of hydrogen-bond donors (Lipinski definition) is 3. The lowest BCUT2D eigenvalue weighted by Crippen LogP contribution is -2.49. The SMILES string of the molecule is C=C(CCF)NC(=O)[C@H]1[C@@H]2CC[C@@H](C2)[C@H]1NC(=O)c1cc(OC2CCC(C)(C(=O)O)CC2)c(C)cc1OC. The topological polar surface area (TPSA) is 114 Å². The fourth-order valence-electron chi connectivity index (χ4n) is 6.41. The molecule has 208 valence electrons.